The van der Waals surface area contributed by atoms with E-state index in [0.717, 1.165) is 30.3 Å². The summed E-state index contributed by atoms with van der Waals surface area (Å²) in [6.45, 7) is 3.32. The minimum Gasteiger partial charge on any atom is -0.486 e. The van der Waals surface area contributed by atoms with Gasteiger partial charge in [-0.15, -0.1) is 0 Å². The van der Waals surface area contributed by atoms with Crippen molar-refractivity contribution in [2.75, 3.05) is 37.4 Å². The molecule has 0 radical (unpaired) electrons. The van der Waals surface area contributed by atoms with Crippen LogP contribution in [0.3, 0.4) is 0 Å². The third-order valence-corrected chi connectivity index (χ3v) is 7.94. The van der Waals surface area contributed by atoms with Gasteiger partial charge in [0.25, 0.3) is 5.91 Å². The quantitative estimate of drug-likeness (QED) is 0.367. The lowest BCUT2D eigenvalue weighted by molar-refractivity contribution is 0.0639. The number of nitrogen functional groups attached to an aromatic ring is 1. The number of hydrogen-bond donors (Lipinski definition) is 1. The second kappa shape index (κ2) is 10.9. The summed E-state index contributed by atoms with van der Waals surface area (Å²) in [5.41, 5.74) is 6.75. The van der Waals surface area contributed by atoms with E-state index in [2.05, 4.69) is 14.9 Å². The Morgan fingerprint density at radius 1 is 1.24 bits per heavy atom. The molecule has 2 aliphatic rings. The summed E-state index contributed by atoms with van der Waals surface area (Å²) in [5.74, 6) is -2.38. The van der Waals surface area contributed by atoms with Gasteiger partial charge >= 0.3 is 0 Å². The maximum atomic E-state index is 14.6. The highest BCUT2D eigenvalue weighted by Gasteiger charge is 2.34. The molecule has 0 aliphatic carbocycles. The molecule has 10 nitrogen and oxygen atoms in total. The summed E-state index contributed by atoms with van der Waals surface area (Å²) >= 11 is 0. The Hall–Kier alpha value is -4.74. The molecule has 12 heteroatoms. The number of carbonyl (C=O) groups is 1. The lowest BCUT2D eigenvalue weighted by Crippen LogP contribution is -2.51. The first kappa shape index (κ1) is 27.4. The number of halogens is 2. The number of nitrogens with zero attached hydrogens (tertiary/aromatic N) is 5. The normalized spacial score (nSPS) is 18.0. The van der Waals surface area contributed by atoms with Crippen LogP contribution in [0.1, 0.15) is 41.7 Å². The number of nitrogens with two attached hydrogens (primary N) is 1. The standard InChI is InChI=1S/C30H30F2N6O4/c1-17-16-42-29-26(32)23(31)11-21-27(29)37(17)15-22(28(21)39)30(40)38(13-18-7-8-34-25(10-18)41-2)20-4-3-9-36(14-20)19-5-6-24(33)35-12-19/h5-8,10-12,15,17,20H,3-4,9,13-14,16H2,1-2H3,(H2,33,35)/t17?,20-/m0/s1. The SMILES string of the molecule is COc1cc(CN(C(=O)c2cn3c4c(c(F)c(F)cc4c2=O)OCC3C)[C@H]2CCCN(c3ccc(N)nc3)C2)ccn1. The number of pyridine rings is 3. The molecule has 42 heavy (non-hydrogen) atoms. The highest BCUT2D eigenvalue weighted by Crippen LogP contribution is 2.36. The van der Waals surface area contributed by atoms with Gasteiger partial charge in [0.15, 0.2) is 11.6 Å². The molecule has 1 saturated heterocycles. The molecule has 2 atom stereocenters. The Morgan fingerprint density at radius 2 is 2.07 bits per heavy atom. The maximum Gasteiger partial charge on any atom is 0.259 e. The van der Waals surface area contributed by atoms with Crippen LogP contribution in [0.2, 0.25) is 0 Å². The molecule has 3 aromatic heterocycles. The van der Waals surface area contributed by atoms with Crippen molar-refractivity contribution in [2.24, 2.45) is 0 Å². The Morgan fingerprint density at radius 3 is 2.83 bits per heavy atom. The van der Waals surface area contributed by atoms with E-state index in [4.69, 9.17) is 15.2 Å². The largest absolute Gasteiger partial charge is 0.486 e. The van der Waals surface area contributed by atoms with E-state index in [9.17, 15) is 18.4 Å². The van der Waals surface area contributed by atoms with Crippen molar-refractivity contribution in [3.63, 3.8) is 0 Å². The number of rotatable bonds is 6. The molecule has 6 rings (SSSR count). The van der Waals surface area contributed by atoms with Crippen LogP contribution in [0.5, 0.6) is 11.6 Å². The number of ether oxygens (including phenoxy) is 2. The molecule has 1 unspecified atom stereocenters. The van der Waals surface area contributed by atoms with Gasteiger partial charge in [0, 0.05) is 44.1 Å². The fourth-order valence-electron chi connectivity index (χ4n) is 5.75. The van der Waals surface area contributed by atoms with Gasteiger partial charge in [0.05, 0.1) is 35.9 Å². The van der Waals surface area contributed by atoms with Gasteiger partial charge < -0.3 is 29.6 Å². The monoisotopic (exact) mass is 576 g/mol. The molecule has 2 N–H and O–H groups in total. The highest BCUT2D eigenvalue weighted by molar-refractivity contribution is 5.98. The molecule has 0 saturated carbocycles. The molecule has 1 amide bonds. The van der Waals surface area contributed by atoms with Crippen LogP contribution in [0.4, 0.5) is 20.3 Å². The number of methoxy groups -OCH3 is 1. The molecule has 4 aromatic rings. The molecular weight excluding hydrogens is 546 g/mol. The van der Waals surface area contributed by atoms with Gasteiger partial charge in [0.2, 0.25) is 17.1 Å². The van der Waals surface area contributed by atoms with E-state index in [1.807, 2.05) is 13.0 Å². The van der Waals surface area contributed by atoms with E-state index in [1.54, 1.807) is 40.1 Å². The Bertz CT molecular complexity index is 1730. The van der Waals surface area contributed by atoms with Crippen LogP contribution in [-0.4, -0.2) is 58.2 Å². The summed E-state index contributed by atoms with van der Waals surface area (Å²) in [6, 6.07) is 7.39. The molecule has 0 bridgehead atoms. The molecule has 2 aliphatic heterocycles. The first-order valence-corrected chi connectivity index (χ1v) is 13.7. The third-order valence-electron chi connectivity index (χ3n) is 7.94. The van der Waals surface area contributed by atoms with Crippen molar-refractivity contribution in [3.05, 3.63) is 81.9 Å². The van der Waals surface area contributed by atoms with E-state index in [1.165, 1.54) is 13.3 Å². The number of aromatic nitrogens is 3. The van der Waals surface area contributed by atoms with Crippen molar-refractivity contribution in [1.82, 2.24) is 19.4 Å². The summed E-state index contributed by atoms with van der Waals surface area (Å²) in [7, 11) is 1.51. The lowest BCUT2D eigenvalue weighted by Gasteiger charge is -2.40. The summed E-state index contributed by atoms with van der Waals surface area (Å²) in [6.07, 6.45) is 6.24. The predicted octanol–water partition coefficient (Wildman–Crippen LogP) is 3.93. The van der Waals surface area contributed by atoms with E-state index >= 15 is 0 Å². The van der Waals surface area contributed by atoms with Crippen molar-refractivity contribution < 1.29 is 23.0 Å². The Balaban J connectivity index is 1.44. The van der Waals surface area contributed by atoms with Crippen LogP contribution >= 0.6 is 0 Å². The second-order valence-electron chi connectivity index (χ2n) is 10.7. The van der Waals surface area contributed by atoms with E-state index in [-0.39, 0.29) is 47.5 Å². The number of amides is 1. The number of benzene rings is 1. The number of carbonyl (C=O) groups excluding carboxylic acids is 1. The van der Waals surface area contributed by atoms with Crippen LogP contribution in [0, 0.1) is 11.6 Å². The van der Waals surface area contributed by atoms with Gasteiger partial charge in [-0.05, 0) is 49.6 Å². The first-order chi connectivity index (χ1) is 20.2. The van der Waals surface area contributed by atoms with Crippen molar-refractivity contribution in [3.8, 4) is 11.6 Å². The number of piperidine rings is 1. The molecule has 1 aromatic carbocycles. The van der Waals surface area contributed by atoms with Crippen molar-refractivity contribution >= 4 is 28.3 Å². The average molecular weight is 577 g/mol. The third kappa shape index (κ3) is 4.86. The lowest BCUT2D eigenvalue weighted by atomic mass is 10.0. The fraction of sp³-hybridized carbons (Fsp3) is 0.333. The summed E-state index contributed by atoms with van der Waals surface area (Å²) < 4.78 is 41.6. The molecule has 1 fully saturated rings. The smallest absolute Gasteiger partial charge is 0.259 e. The topological polar surface area (TPSA) is 116 Å². The van der Waals surface area contributed by atoms with Gasteiger partial charge in [-0.3, -0.25) is 9.59 Å². The van der Waals surface area contributed by atoms with Gasteiger partial charge in [-0.2, -0.15) is 4.39 Å². The molecule has 5 heterocycles. The molecule has 218 valence electrons. The van der Waals surface area contributed by atoms with Crippen molar-refractivity contribution in [1.29, 1.82) is 0 Å². The van der Waals surface area contributed by atoms with Gasteiger partial charge in [0.1, 0.15) is 18.0 Å². The maximum absolute atomic E-state index is 14.6. The number of hydrogen-bond acceptors (Lipinski definition) is 8. The zero-order valence-electron chi connectivity index (χ0n) is 23.2. The Labute approximate surface area is 240 Å². The van der Waals surface area contributed by atoms with E-state index < -0.39 is 23.0 Å². The van der Waals surface area contributed by atoms with Crippen LogP contribution in [0.15, 0.2) is 53.7 Å². The average Bonchev–Trinajstić information content (AvgIpc) is 3.00. The number of anilines is 2. The van der Waals surface area contributed by atoms with Crippen molar-refractivity contribution in [2.45, 2.75) is 38.4 Å². The van der Waals surface area contributed by atoms with Gasteiger partial charge in [-0.1, -0.05) is 0 Å². The second-order valence-corrected chi connectivity index (χ2v) is 10.7. The Kier molecular flexibility index (Phi) is 7.13. The minimum absolute atomic E-state index is 0.0622. The predicted molar refractivity (Wildman–Crippen MR) is 153 cm³/mol. The van der Waals surface area contributed by atoms with Crippen LogP contribution in [-0.2, 0) is 6.54 Å². The fourth-order valence-corrected chi connectivity index (χ4v) is 5.75. The van der Waals surface area contributed by atoms with Crippen LogP contribution in [0.25, 0.3) is 10.9 Å². The van der Waals surface area contributed by atoms with Gasteiger partial charge in [-0.25, -0.2) is 14.4 Å². The summed E-state index contributed by atoms with van der Waals surface area (Å²) in [4.78, 5) is 40.4. The minimum atomic E-state index is -1.21. The highest BCUT2D eigenvalue weighted by atomic mass is 19.2. The zero-order valence-corrected chi connectivity index (χ0v) is 23.2. The zero-order chi connectivity index (χ0) is 29.5. The van der Waals surface area contributed by atoms with Crippen LogP contribution < -0.4 is 25.5 Å². The molecule has 0 spiro atoms. The summed E-state index contributed by atoms with van der Waals surface area (Å²) in [5, 5.41) is -0.106. The molecular formula is C30H30F2N6O4. The first-order valence-electron chi connectivity index (χ1n) is 13.7. The van der Waals surface area contributed by atoms with E-state index in [0.29, 0.717) is 24.7 Å².